The molecule has 1 aromatic carbocycles. The number of hydrogen-bond donors (Lipinski definition) is 2. The minimum atomic E-state index is -4.51. The standard InChI is InChI=1S/C21H24F3N5O/c1-14-18(20-15(11-27-28-20)13-29(3)8-7-25-2)9-16(21(22,23)24)10-19(14)30-17-5-4-6-26-12-17/h4-6,9-12,25H,7-8,13H2,1-3H3,(H,27,28). The molecule has 0 aliphatic rings. The average molecular weight is 419 g/mol. The van der Waals surface area contributed by atoms with Crippen LogP contribution in [0.15, 0.2) is 42.9 Å². The Morgan fingerprint density at radius 2 is 2.03 bits per heavy atom. The van der Waals surface area contributed by atoms with Crippen molar-refractivity contribution in [3.05, 3.63) is 59.5 Å². The Kier molecular flexibility index (Phi) is 6.73. The molecule has 0 saturated heterocycles. The molecule has 3 aromatic rings. The van der Waals surface area contributed by atoms with Gasteiger partial charge in [0, 0.05) is 42.5 Å². The van der Waals surface area contributed by atoms with E-state index in [0.29, 0.717) is 29.1 Å². The van der Waals surface area contributed by atoms with Crippen molar-refractivity contribution in [2.24, 2.45) is 0 Å². The van der Waals surface area contributed by atoms with E-state index in [4.69, 9.17) is 4.74 Å². The fourth-order valence-electron chi connectivity index (χ4n) is 3.09. The Morgan fingerprint density at radius 3 is 2.70 bits per heavy atom. The fraction of sp³-hybridized carbons (Fsp3) is 0.333. The van der Waals surface area contributed by atoms with E-state index in [9.17, 15) is 13.2 Å². The number of halogens is 3. The molecule has 0 aliphatic heterocycles. The van der Waals surface area contributed by atoms with Crippen molar-refractivity contribution >= 4 is 0 Å². The topological polar surface area (TPSA) is 66.1 Å². The number of pyridine rings is 1. The van der Waals surface area contributed by atoms with Gasteiger partial charge in [0.1, 0.15) is 11.5 Å². The fourth-order valence-corrected chi connectivity index (χ4v) is 3.09. The molecule has 2 aromatic heterocycles. The molecular weight excluding hydrogens is 395 g/mol. The Bertz CT molecular complexity index is 973. The van der Waals surface area contributed by atoms with Gasteiger partial charge in [0.2, 0.25) is 0 Å². The zero-order valence-corrected chi connectivity index (χ0v) is 17.0. The Labute approximate surface area is 173 Å². The molecule has 0 bridgehead atoms. The molecule has 30 heavy (non-hydrogen) atoms. The van der Waals surface area contributed by atoms with Crippen LogP contribution in [-0.2, 0) is 12.7 Å². The lowest BCUT2D eigenvalue weighted by Gasteiger charge is -2.19. The maximum absolute atomic E-state index is 13.6. The highest BCUT2D eigenvalue weighted by Gasteiger charge is 2.33. The molecule has 3 rings (SSSR count). The summed E-state index contributed by atoms with van der Waals surface area (Å²) >= 11 is 0. The van der Waals surface area contributed by atoms with E-state index < -0.39 is 11.7 Å². The summed E-state index contributed by atoms with van der Waals surface area (Å²) in [7, 11) is 3.82. The van der Waals surface area contributed by atoms with Crippen molar-refractivity contribution in [2.75, 3.05) is 27.2 Å². The first-order chi connectivity index (χ1) is 14.3. The van der Waals surface area contributed by atoms with E-state index in [1.807, 2.05) is 14.1 Å². The van der Waals surface area contributed by atoms with Crippen LogP contribution in [0.1, 0.15) is 16.7 Å². The Hall–Kier alpha value is -2.91. The zero-order valence-electron chi connectivity index (χ0n) is 17.0. The third-order valence-electron chi connectivity index (χ3n) is 4.72. The van der Waals surface area contributed by atoms with Gasteiger partial charge in [-0.2, -0.15) is 18.3 Å². The molecular formula is C21H24F3N5O. The van der Waals surface area contributed by atoms with E-state index in [0.717, 1.165) is 30.8 Å². The van der Waals surface area contributed by atoms with Crippen LogP contribution in [0.5, 0.6) is 11.5 Å². The van der Waals surface area contributed by atoms with Crippen molar-refractivity contribution in [1.29, 1.82) is 0 Å². The maximum Gasteiger partial charge on any atom is 0.416 e. The van der Waals surface area contributed by atoms with Gasteiger partial charge in [0.25, 0.3) is 0 Å². The van der Waals surface area contributed by atoms with Crippen LogP contribution in [0.25, 0.3) is 11.3 Å². The van der Waals surface area contributed by atoms with Crippen LogP contribution in [-0.4, -0.2) is 47.3 Å². The second-order valence-corrected chi connectivity index (χ2v) is 7.05. The molecule has 2 heterocycles. The van der Waals surface area contributed by atoms with Crippen LogP contribution in [0.4, 0.5) is 13.2 Å². The predicted octanol–water partition coefficient (Wildman–Crippen LogP) is 4.24. The summed E-state index contributed by atoms with van der Waals surface area (Å²) in [6.45, 7) is 3.87. The summed E-state index contributed by atoms with van der Waals surface area (Å²) in [6, 6.07) is 5.45. The molecule has 6 nitrogen and oxygen atoms in total. The Morgan fingerprint density at radius 1 is 1.23 bits per heavy atom. The van der Waals surface area contributed by atoms with Gasteiger partial charge < -0.3 is 15.0 Å². The van der Waals surface area contributed by atoms with Crippen LogP contribution in [0.3, 0.4) is 0 Å². The maximum atomic E-state index is 13.6. The number of benzene rings is 1. The van der Waals surface area contributed by atoms with Crippen molar-refractivity contribution in [1.82, 2.24) is 25.4 Å². The van der Waals surface area contributed by atoms with Crippen molar-refractivity contribution in [3.63, 3.8) is 0 Å². The van der Waals surface area contributed by atoms with E-state index >= 15 is 0 Å². The number of rotatable bonds is 8. The van der Waals surface area contributed by atoms with Crippen molar-refractivity contribution in [3.8, 4) is 22.8 Å². The lowest BCUT2D eigenvalue weighted by atomic mass is 9.98. The summed E-state index contributed by atoms with van der Waals surface area (Å²) in [5.74, 6) is 0.486. The zero-order chi connectivity index (χ0) is 21.7. The molecule has 0 atom stereocenters. The molecule has 0 fully saturated rings. The van der Waals surface area contributed by atoms with E-state index in [2.05, 4.69) is 25.4 Å². The molecule has 0 spiro atoms. The number of aromatic amines is 1. The van der Waals surface area contributed by atoms with E-state index in [1.165, 1.54) is 6.20 Å². The summed E-state index contributed by atoms with van der Waals surface area (Å²) in [5.41, 5.74) is 1.55. The average Bonchev–Trinajstić information content (AvgIpc) is 3.15. The van der Waals surface area contributed by atoms with Gasteiger partial charge in [-0.3, -0.25) is 10.1 Å². The minimum absolute atomic E-state index is 0.122. The second-order valence-electron chi connectivity index (χ2n) is 7.05. The summed E-state index contributed by atoms with van der Waals surface area (Å²) < 4.78 is 46.5. The number of ether oxygens (including phenoxy) is 1. The van der Waals surface area contributed by atoms with Gasteiger partial charge in [0.05, 0.1) is 23.7 Å². The van der Waals surface area contributed by atoms with Crippen LogP contribution in [0.2, 0.25) is 0 Å². The Balaban J connectivity index is 2.02. The third-order valence-corrected chi connectivity index (χ3v) is 4.72. The molecule has 0 saturated carbocycles. The largest absolute Gasteiger partial charge is 0.455 e. The van der Waals surface area contributed by atoms with Crippen molar-refractivity contribution < 1.29 is 17.9 Å². The third kappa shape index (κ3) is 5.17. The number of alkyl halides is 3. The quantitative estimate of drug-likeness (QED) is 0.572. The highest BCUT2D eigenvalue weighted by molar-refractivity contribution is 5.70. The van der Waals surface area contributed by atoms with Crippen LogP contribution < -0.4 is 10.1 Å². The van der Waals surface area contributed by atoms with E-state index in [1.54, 1.807) is 31.5 Å². The number of H-pyrrole nitrogens is 1. The van der Waals surface area contributed by atoms with Gasteiger partial charge in [-0.1, -0.05) is 0 Å². The van der Waals surface area contributed by atoms with Gasteiger partial charge in [0.15, 0.2) is 0 Å². The molecule has 2 N–H and O–H groups in total. The lowest BCUT2D eigenvalue weighted by molar-refractivity contribution is -0.137. The highest BCUT2D eigenvalue weighted by atomic mass is 19.4. The van der Waals surface area contributed by atoms with Crippen molar-refractivity contribution in [2.45, 2.75) is 19.6 Å². The van der Waals surface area contributed by atoms with Crippen LogP contribution in [0, 0.1) is 6.92 Å². The van der Waals surface area contributed by atoms with Gasteiger partial charge in [-0.15, -0.1) is 0 Å². The van der Waals surface area contributed by atoms with Gasteiger partial charge >= 0.3 is 6.18 Å². The first-order valence-corrected chi connectivity index (χ1v) is 9.45. The highest BCUT2D eigenvalue weighted by Crippen LogP contribution is 2.40. The molecule has 0 unspecified atom stereocenters. The number of likely N-dealkylation sites (N-methyl/N-ethyl adjacent to an activating group) is 2. The SMILES string of the molecule is CNCCN(C)Cc1cn[nH]c1-c1cc(C(F)(F)F)cc(Oc2cccnc2)c1C. The molecule has 160 valence electrons. The predicted molar refractivity (Wildman–Crippen MR) is 108 cm³/mol. The normalized spacial score (nSPS) is 11.8. The number of nitrogens with zero attached hydrogens (tertiary/aromatic N) is 3. The molecule has 9 heteroatoms. The van der Waals surface area contributed by atoms with Gasteiger partial charge in [-0.25, -0.2) is 0 Å². The first-order valence-electron chi connectivity index (χ1n) is 9.45. The molecule has 0 amide bonds. The summed E-state index contributed by atoms with van der Waals surface area (Å²) in [5, 5.41) is 10.0. The lowest BCUT2D eigenvalue weighted by Crippen LogP contribution is -2.27. The van der Waals surface area contributed by atoms with Crippen LogP contribution >= 0.6 is 0 Å². The first kappa shape index (κ1) is 21.8. The smallest absolute Gasteiger partial charge is 0.416 e. The minimum Gasteiger partial charge on any atom is -0.455 e. The number of hydrogen-bond acceptors (Lipinski definition) is 5. The summed E-state index contributed by atoms with van der Waals surface area (Å²) in [6.07, 6.45) is 0.155. The number of aromatic nitrogens is 3. The van der Waals surface area contributed by atoms with Gasteiger partial charge in [-0.05, 0) is 45.3 Å². The number of nitrogens with one attached hydrogen (secondary N) is 2. The summed E-state index contributed by atoms with van der Waals surface area (Å²) in [4.78, 5) is 6.02. The molecule has 0 aliphatic carbocycles. The molecule has 0 radical (unpaired) electrons. The monoisotopic (exact) mass is 419 g/mol. The van der Waals surface area contributed by atoms with E-state index in [-0.39, 0.29) is 5.75 Å². The second kappa shape index (κ2) is 9.27.